The molecule has 27 heavy (non-hydrogen) atoms. The van der Waals surface area contributed by atoms with Crippen LogP contribution < -0.4 is 5.32 Å². The molecule has 0 aliphatic rings. The molecule has 0 aliphatic heterocycles. The number of nitro benzene ring substituents is 1. The number of nitrogens with zero attached hydrogens (tertiary/aromatic N) is 2. The monoisotopic (exact) mass is 391 g/mol. The number of nitro groups is 1. The first-order valence-corrected chi connectivity index (χ1v) is 9.81. The fourth-order valence-electron chi connectivity index (χ4n) is 2.60. The van der Waals surface area contributed by atoms with Gasteiger partial charge in [0.2, 0.25) is 10.0 Å². The van der Waals surface area contributed by atoms with E-state index in [-0.39, 0.29) is 21.8 Å². The van der Waals surface area contributed by atoms with Crippen molar-refractivity contribution in [1.29, 1.82) is 0 Å². The van der Waals surface area contributed by atoms with E-state index in [4.69, 9.17) is 0 Å². The van der Waals surface area contributed by atoms with Crippen LogP contribution in [0.2, 0.25) is 0 Å². The van der Waals surface area contributed by atoms with Gasteiger partial charge in [0, 0.05) is 36.0 Å². The Hall–Kier alpha value is -2.78. The van der Waals surface area contributed by atoms with E-state index in [1.165, 1.54) is 40.7 Å². The van der Waals surface area contributed by atoms with Crippen LogP contribution in [0.15, 0.2) is 47.4 Å². The van der Waals surface area contributed by atoms with Crippen molar-refractivity contribution in [2.24, 2.45) is 0 Å². The lowest BCUT2D eigenvalue weighted by molar-refractivity contribution is -0.385. The fraction of sp³-hybridized carbons (Fsp3) is 0.278. The molecule has 0 atom stereocenters. The fourth-order valence-corrected chi connectivity index (χ4v) is 4.10. The molecule has 2 aromatic rings. The van der Waals surface area contributed by atoms with E-state index >= 15 is 0 Å². The summed E-state index contributed by atoms with van der Waals surface area (Å²) < 4.78 is 26.5. The second-order valence-electron chi connectivity index (χ2n) is 5.83. The van der Waals surface area contributed by atoms with Crippen LogP contribution in [0, 0.1) is 17.0 Å². The first-order valence-electron chi connectivity index (χ1n) is 8.37. The summed E-state index contributed by atoms with van der Waals surface area (Å²) >= 11 is 0. The molecular formula is C18H21N3O5S. The Kier molecular flexibility index (Phi) is 6.29. The Bertz CT molecular complexity index is 969. The lowest BCUT2D eigenvalue weighted by Gasteiger charge is -2.18. The number of rotatable bonds is 7. The third-order valence-electron chi connectivity index (χ3n) is 4.10. The molecule has 2 aromatic carbocycles. The van der Waals surface area contributed by atoms with Gasteiger partial charge in [0.05, 0.1) is 9.82 Å². The summed E-state index contributed by atoms with van der Waals surface area (Å²) in [5.41, 5.74) is 0.699. The van der Waals surface area contributed by atoms with Gasteiger partial charge in [-0.3, -0.25) is 14.9 Å². The number of carbonyl (C=O) groups excluding carboxylic acids is 1. The highest BCUT2D eigenvalue weighted by Crippen LogP contribution is 2.22. The molecule has 9 heteroatoms. The molecular weight excluding hydrogens is 370 g/mol. The Morgan fingerprint density at radius 2 is 1.81 bits per heavy atom. The number of aryl methyl sites for hydroxylation is 1. The molecule has 1 amide bonds. The summed E-state index contributed by atoms with van der Waals surface area (Å²) in [4.78, 5) is 23.0. The Labute approximate surface area is 158 Å². The molecule has 0 heterocycles. The Balaban J connectivity index is 2.30. The summed E-state index contributed by atoms with van der Waals surface area (Å²) in [6.07, 6.45) is 0. The van der Waals surface area contributed by atoms with E-state index in [1.54, 1.807) is 26.8 Å². The SMILES string of the molecule is CCN(CC)S(=O)(=O)c1cccc(NC(=O)c2ccc(C)c([N+](=O)[O-])c2)c1. The quantitative estimate of drug-likeness (QED) is 0.576. The molecule has 0 bridgehead atoms. The van der Waals surface area contributed by atoms with Crippen LogP contribution in [-0.2, 0) is 10.0 Å². The van der Waals surface area contributed by atoms with Crippen molar-refractivity contribution in [3.05, 3.63) is 63.7 Å². The molecule has 0 unspecified atom stereocenters. The highest BCUT2D eigenvalue weighted by molar-refractivity contribution is 7.89. The van der Waals surface area contributed by atoms with Crippen LogP contribution in [0.4, 0.5) is 11.4 Å². The average molecular weight is 391 g/mol. The summed E-state index contributed by atoms with van der Waals surface area (Å²) in [5, 5.41) is 13.6. The second kappa shape index (κ2) is 8.28. The van der Waals surface area contributed by atoms with Crippen LogP contribution in [0.5, 0.6) is 0 Å². The Morgan fingerprint density at radius 3 is 2.41 bits per heavy atom. The normalized spacial score (nSPS) is 11.4. The van der Waals surface area contributed by atoms with E-state index in [2.05, 4.69) is 5.32 Å². The van der Waals surface area contributed by atoms with Crippen LogP contribution >= 0.6 is 0 Å². The average Bonchev–Trinajstić information content (AvgIpc) is 2.62. The standard InChI is InChI=1S/C18H21N3O5S/c1-4-20(5-2)27(25,26)16-8-6-7-15(12-16)19-18(22)14-10-9-13(3)17(11-14)21(23)24/h6-12H,4-5H2,1-3H3,(H,19,22). The minimum Gasteiger partial charge on any atom is -0.322 e. The third kappa shape index (κ3) is 4.50. The van der Waals surface area contributed by atoms with Gasteiger partial charge in [-0.05, 0) is 31.2 Å². The van der Waals surface area contributed by atoms with Crippen LogP contribution in [0.3, 0.4) is 0 Å². The molecule has 144 valence electrons. The largest absolute Gasteiger partial charge is 0.322 e. The molecule has 0 saturated carbocycles. The highest BCUT2D eigenvalue weighted by Gasteiger charge is 2.22. The minimum atomic E-state index is -3.65. The predicted octanol–water partition coefficient (Wildman–Crippen LogP) is 3.19. The maximum atomic E-state index is 12.6. The molecule has 2 rings (SSSR count). The van der Waals surface area contributed by atoms with Crippen molar-refractivity contribution < 1.29 is 18.1 Å². The zero-order valence-electron chi connectivity index (χ0n) is 15.3. The topological polar surface area (TPSA) is 110 Å². The van der Waals surface area contributed by atoms with Crippen LogP contribution in [0.1, 0.15) is 29.8 Å². The van der Waals surface area contributed by atoms with E-state index in [0.717, 1.165) is 0 Å². The van der Waals surface area contributed by atoms with E-state index in [9.17, 15) is 23.3 Å². The number of nitrogens with one attached hydrogen (secondary N) is 1. The van der Waals surface area contributed by atoms with Gasteiger partial charge < -0.3 is 5.32 Å². The maximum Gasteiger partial charge on any atom is 0.273 e. The van der Waals surface area contributed by atoms with Gasteiger partial charge >= 0.3 is 0 Å². The van der Waals surface area contributed by atoms with Crippen molar-refractivity contribution in [2.45, 2.75) is 25.7 Å². The summed E-state index contributed by atoms with van der Waals surface area (Å²) in [7, 11) is -3.65. The van der Waals surface area contributed by atoms with Crippen molar-refractivity contribution in [2.75, 3.05) is 18.4 Å². The molecule has 0 fully saturated rings. The summed E-state index contributed by atoms with van der Waals surface area (Å²) in [5.74, 6) is -0.560. The van der Waals surface area contributed by atoms with Crippen molar-refractivity contribution in [1.82, 2.24) is 4.31 Å². The third-order valence-corrected chi connectivity index (χ3v) is 6.15. The highest BCUT2D eigenvalue weighted by atomic mass is 32.2. The van der Waals surface area contributed by atoms with Gasteiger partial charge in [-0.15, -0.1) is 0 Å². The zero-order valence-corrected chi connectivity index (χ0v) is 16.1. The van der Waals surface area contributed by atoms with Crippen LogP contribution in [-0.4, -0.2) is 36.6 Å². The molecule has 0 aromatic heterocycles. The smallest absolute Gasteiger partial charge is 0.273 e. The van der Waals surface area contributed by atoms with Gasteiger partial charge in [-0.25, -0.2) is 8.42 Å². The molecule has 0 aliphatic carbocycles. The number of amides is 1. The molecule has 0 saturated heterocycles. The summed E-state index contributed by atoms with van der Waals surface area (Å²) in [6, 6.07) is 10.1. The number of benzene rings is 2. The minimum absolute atomic E-state index is 0.0684. The number of hydrogen-bond acceptors (Lipinski definition) is 5. The van der Waals surface area contributed by atoms with Gasteiger partial charge in [0.15, 0.2) is 0 Å². The molecule has 0 radical (unpaired) electrons. The number of sulfonamides is 1. The van der Waals surface area contributed by atoms with Crippen LogP contribution in [0.25, 0.3) is 0 Å². The van der Waals surface area contributed by atoms with Crippen molar-refractivity contribution in [3.63, 3.8) is 0 Å². The molecule has 0 spiro atoms. The maximum absolute atomic E-state index is 12.6. The van der Waals surface area contributed by atoms with Gasteiger partial charge in [0.25, 0.3) is 11.6 Å². The zero-order chi connectivity index (χ0) is 20.2. The number of anilines is 1. The lowest BCUT2D eigenvalue weighted by Crippen LogP contribution is -2.30. The first-order chi connectivity index (χ1) is 12.7. The van der Waals surface area contributed by atoms with E-state index < -0.39 is 20.9 Å². The van der Waals surface area contributed by atoms with Gasteiger partial charge in [-0.2, -0.15) is 4.31 Å². The number of carbonyl (C=O) groups is 1. The van der Waals surface area contributed by atoms with E-state index in [0.29, 0.717) is 18.7 Å². The second-order valence-corrected chi connectivity index (χ2v) is 7.77. The van der Waals surface area contributed by atoms with Crippen molar-refractivity contribution >= 4 is 27.3 Å². The molecule has 8 nitrogen and oxygen atoms in total. The first kappa shape index (κ1) is 20.5. The van der Waals surface area contributed by atoms with Gasteiger partial charge in [0.1, 0.15) is 0 Å². The van der Waals surface area contributed by atoms with E-state index in [1.807, 2.05) is 0 Å². The predicted molar refractivity (Wildman–Crippen MR) is 102 cm³/mol. The Morgan fingerprint density at radius 1 is 1.15 bits per heavy atom. The number of hydrogen-bond donors (Lipinski definition) is 1. The van der Waals surface area contributed by atoms with Crippen molar-refractivity contribution in [3.8, 4) is 0 Å². The van der Waals surface area contributed by atoms with Gasteiger partial charge in [-0.1, -0.05) is 26.0 Å². The lowest BCUT2D eigenvalue weighted by atomic mass is 10.1. The molecule has 1 N–H and O–H groups in total. The summed E-state index contributed by atoms with van der Waals surface area (Å²) in [6.45, 7) is 5.75.